The summed E-state index contributed by atoms with van der Waals surface area (Å²) in [5.74, 6) is 0.237. The number of rotatable bonds is 5. The van der Waals surface area contributed by atoms with Crippen LogP contribution < -0.4 is 11.1 Å². The largest absolute Gasteiger partial charge is 0.366 e. The molecule has 9 heteroatoms. The number of hydrogen-bond acceptors (Lipinski definition) is 5. The first-order valence-corrected chi connectivity index (χ1v) is 12.4. The summed E-state index contributed by atoms with van der Waals surface area (Å²) >= 11 is 4.85. The van der Waals surface area contributed by atoms with Gasteiger partial charge in [-0.15, -0.1) is 11.3 Å². The summed E-state index contributed by atoms with van der Waals surface area (Å²) in [4.78, 5) is 34.5. The number of halogens is 1. The lowest BCUT2D eigenvalue weighted by Crippen LogP contribution is -2.38. The van der Waals surface area contributed by atoms with E-state index in [1.165, 1.54) is 11.3 Å². The molecule has 0 aliphatic heterocycles. The zero-order chi connectivity index (χ0) is 22.9. The average molecular weight is 524 g/mol. The molecule has 0 unspecified atom stereocenters. The smallest absolute Gasteiger partial charge is 0.261 e. The van der Waals surface area contributed by atoms with Gasteiger partial charge in [-0.05, 0) is 84.1 Å². The highest BCUT2D eigenvalue weighted by atomic mass is 79.9. The van der Waals surface area contributed by atoms with Gasteiger partial charge >= 0.3 is 0 Å². The fraction of sp³-hybridized carbons (Fsp3) is 0.250. The molecule has 3 aromatic heterocycles. The van der Waals surface area contributed by atoms with Gasteiger partial charge in [0.25, 0.3) is 5.91 Å². The second kappa shape index (κ2) is 9.07. The van der Waals surface area contributed by atoms with Gasteiger partial charge in [-0.2, -0.15) is 0 Å². The van der Waals surface area contributed by atoms with E-state index >= 15 is 0 Å². The number of carbonyl (C=O) groups excluding carboxylic acids is 2. The Balaban J connectivity index is 1.49. The molecule has 1 saturated carbocycles. The molecule has 0 bridgehead atoms. The number of fused-ring (bicyclic) bond motifs is 1. The number of imidazole rings is 1. The van der Waals surface area contributed by atoms with E-state index < -0.39 is 5.91 Å². The monoisotopic (exact) mass is 523 g/mol. The molecule has 168 valence electrons. The molecule has 1 aromatic carbocycles. The molecule has 3 heterocycles. The van der Waals surface area contributed by atoms with Crippen LogP contribution in [0.25, 0.3) is 22.6 Å². The minimum atomic E-state index is -0.480. The number of nitrogens with two attached hydrogens (primary N) is 1. The number of pyridine rings is 1. The van der Waals surface area contributed by atoms with E-state index in [0.29, 0.717) is 16.0 Å². The number of thiophene rings is 1. The van der Waals surface area contributed by atoms with Crippen molar-refractivity contribution in [2.75, 3.05) is 0 Å². The summed E-state index contributed by atoms with van der Waals surface area (Å²) in [6.07, 6.45) is 5.44. The maximum absolute atomic E-state index is 12.7. The van der Waals surface area contributed by atoms with Crippen molar-refractivity contribution in [2.24, 2.45) is 5.73 Å². The van der Waals surface area contributed by atoms with Crippen molar-refractivity contribution in [2.45, 2.75) is 37.8 Å². The van der Waals surface area contributed by atoms with Crippen molar-refractivity contribution < 1.29 is 9.59 Å². The predicted octanol–water partition coefficient (Wildman–Crippen LogP) is 4.93. The summed E-state index contributed by atoms with van der Waals surface area (Å²) in [6.45, 7) is 0. The topological polar surface area (TPSA) is 103 Å². The summed E-state index contributed by atoms with van der Waals surface area (Å²) in [5, 5.41) is 3.21. The Morgan fingerprint density at radius 1 is 1.15 bits per heavy atom. The zero-order valence-corrected chi connectivity index (χ0v) is 20.1. The maximum Gasteiger partial charge on any atom is 0.261 e. The minimum absolute atomic E-state index is 0.0390. The number of benzene rings is 1. The molecule has 3 N–H and O–H groups in total. The molecule has 2 atom stereocenters. The van der Waals surface area contributed by atoms with Gasteiger partial charge in [0.05, 0.1) is 19.7 Å². The fourth-order valence-electron chi connectivity index (χ4n) is 4.52. The summed E-state index contributed by atoms with van der Waals surface area (Å²) in [5.41, 5.74) is 8.32. The first-order valence-electron chi connectivity index (χ1n) is 10.8. The SMILES string of the molecule is NC(=O)c1ccc2c(c1)nc(-c1ccccn1)n2[C@H]1CCC[C@@H](NC(=O)c2ccc(Br)s2)C1. The van der Waals surface area contributed by atoms with Crippen LogP contribution in [0, 0.1) is 0 Å². The van der Waals surface area contributed by atoms with Crippen LogP contribution >= 0.6 is 27.3 Å². The van der Waals surface area contributed by atoms with E-state index in [1.54, 1.807) is 18.3 Å². The lowest BCUT2D eigenvalue weighted by Gasteiger charge is -2.31. The highest BCUT2D eigenvalue weighted by molar-refractivity contribution is 9.11. The van der Waals surface area contributed by atoms with Gasteiger partial charge in [0.1, 0.15) is 5.69 Å². The highest BCUT2D eigenvalue weighted by Crippen LogP contribution is 2.36. The summed E-state index contributed by atoms with van der Waals surface area (Å²) < 4.78 is 3.15. The predicted molar refractivity (Wildman–Crippen MR) is 132 cm³/mol. The Morgan fingerprint density at radius 3 is 2.76 bits per heavy atom. The molecular weight excluding hydrogens is 502 g/mol. The van der Waals surface area contributed by atoms with E-state index in [1.807, 2.05) is 36.4 Å². The first-order chi connectivity index (χ1) is 16.0. The van der Waals surface area contributed by atoms with Gasteiger partial charge in [-0.3, -0.25) is 14.6 Å². The molecule has 0 radical (unpaired) electrons. The second-order valence-electron chi connectivity index (χ2n) is 8.18. The fourth-order valence-corrected chi connectivity index (χ4v) is 5.81. The summed E-state index contributed by atoms with van der Waals surface area (Å²) in [7, 11) is 0. The normalized spacial score (nSPS) is 18.3. The van der Waals surface area contributed by atoms with Crippen LogP contribution in [-0.2, 0) is 0 Å². The van der Waals surface area contributed by atoms with E-state index in [-0.39, 0.29) is 18.0 Å². The molecule has 5 rings (SSSR count). The van der Waals surface area contributed by atoms with Crippen LogP contribution in [0.3, 0.4) is 0 Å². The third kappa shape index (κ3) is 4.43. The lowest BCUT2D eigenvalue weighted by molar-refractivity contribution is 0.0924. The van der Waals surface area contributed by atoms with E-state index in [9.17, 15) is 9.59 Å². The molecule has 0 spiro atoms. The first kappa shape index (κ1) is 21.8. The van der Waals surface area contributed by atoms with Gasteiger partial charge in [0, 0.05) is 23.8 Å². The number of hydrogen-bond donors (Lipinski definition) is 2. The van der Waals surface area contributed by atoms with E-state index in [4.69, 9.17) is 10.7 Å². The van der Waals surface area contributed by atoms with Crippen LogP contribution in [0.2, 0.25) is 0 Å². The van der Waals surface area contributed by atoms with Gasteiger partial charge < -0.3 is 15.6 Å². The molecule has 33 heavy (non-hydrogen) atoms. The van der Waals surface area contributed by atoms with Gasteiger partial charge in [-0.1, -0.05) is 6.07 Å². The van der Waals surface area contributed by atoms with Gasteiger partial charge in [0.2, 0.25) is 5.91 Å². The number of amides is 2. The van der Waals surface area contributed by atoms with Crippen LogP contribution in [0.15, 0.2) is 58.5 Å². The average Bonchev–Trinajstić information content (AvgIpc) is 3.43. The van der Waals surface area contributed by atoms with Crippen LogP contribution in [0.5, 0.6) is 0 Å². The number of nitrogens with zero attached hydrogens (tertiary/aromatic N) is 3. The van der Waals surface area contributed by atoms with Crippen LogP contribution in [0.4, 0.5) is 0 Å². The number of primary amides is 1. The molecule has 1 aliphatic carbocycles. The number of nitrogens with one attached hydrogen (secondary N) is 1. The summed E-state index contributed by atoms with van der Waals surface area (Å²) in [6, 6.07) is 15.0. The maximum atomic E-state index is 12.7. The Kier molecular flexibility index (Phi) is 5.99. The molecule has 2 amide bonds. The minimum Gasteiger partial charge on any atom is -0.366 e. The van der Waals surface area contributed by atoms with Crippen molar-refractivity contribution in [1.29, 1.82) is 0 Å². The Labute approximate surface area is 203 Å². The van der Waals surface area contributed by atoms with Crippen molar-refractivity contribution >= 4 is 50.1 Å². The molecule has 4 aromatic rings. The molecule has 1 fully saturated rings. The second-order valence-corrected chi connectivity index (χ2v) is 10.6. The third-order valence-electron chi connectivity index (χ3n) is 6.01. The van der Waals surface area contributed by atoms with Crippen molar-refractivity contribution in [3.05, 3.63) is 69.0 Å². The molecular formula is C24H22BrN5O2S. The zero-order valence-electron chi connectivity index (χ0n) is 17.7. The Morgan fingerprint density at radius 2 is 2.03 bits per heavy atom. The van der Waals surface area contributed by atoms with Crippen molar-refractivity contribution in [1.82, 2.24) is 19.9 Å². The van der Waals surface area contributed by atoms with E-state index in [0.717, 1.165) is 46.5 Å². The van der Waals surface area contributed by atoms with Crippen molar-refractivity contribution in [3.63, 3.8) is 0 Å². The van der Waals surface area contributed by atoms with Crippen LogP contribution in [-0.4, -0.2) is 32.4 Å². The van der Waals surface area contributed by atoms with Crippen LogP contribution in [0.1, 0.15) is 51.8 Å². The van der Waals surface area contributed by atoms with Gasteiger partial charge in [-0.25, -0.2) is 4.98 Å². The number of aromatic nitrogens is 3. The molecule has 0 saturated heterocycles. The lowest BCUT2D eigenvalue weighted by atomic mass is 9.90. The Hall–Kier alpha value is -3.04. The standard InChI is InChI=1S/C24H22BrN5O2S/c25-21-10-9-20(33-21)24(32)28-15-4-3-5-16(13-15)30-19-8-7-14(22(26)31)12-18(19)29-23(30)17-6-1-2-11-27-17/h1-2,6-12,15-16H,3-5,13H2,(H2,26,31)(H,28,32)/t15-,16+/m1/s1. The van der Waals surface area contributed by atoms with E-state index in [2.05, 4.69) is 30.8 Å². The highest BCUT2D eigenvalue weighted by Gasteiger charge is 2.29. The molecule has 7 nitrogen and oxygen atoms in total. The third-order valence-corrected chi connectivity index (χ3v) is 7.63. The van der Waals surface area contributed by atoms with Crippen molar-refractivity contribution in [3.8, 4) is 11.5 Å². The molecule has 1 aliphatic rings. The number of carbonyl (C=O) groups is 2. The Bertz CT molecular complexity index is 1330. The quantitative estimate of drug-likeness (QED) is 0.386. The van der Waals surface area contributed by atoms with Gasteiger partial charge in [0.15, 0.2) is 5.82 Å².